The van der Waals surface area contributed by atoms with Crippen molar-refractivity contribution in [3.63, 3.8) is 0 Å². The number of rotatable bonds is 8. The zero-order valence-corrected chi connectivity index (χ0v) is 19.0. The maximum Gasteiger partial charge on any atom is 0.260 e. The molecule has 0 radical (unpaired) electrons. The van der Waals surface area contributed by atoms with Crippen LogP contribution in [0.25, 0.3) is 10.2 Å². The molecule has 0 unspecified atom stereocenters. The van der Waals surface area contributed by atoms with Gasteiger partial charge in [-0.05, 0) is 48.7 Å². The number of ether oxygens (including phenoxy) is 2. The Morgan fingerprint density at radius 1 is 1.23 bits per heavy atom. The molecule has 3 aromatic rings. The summed E-state index contributed by atoms with van der Waals surface area (Å²) in [5, 5.41) is 0.748. The van der Waals surface area contributed by atoms with E-state index < -0.39 is 0 Å². The molecule has 1 aromatic heterocycles. The highest BCUT2D eigenvalue weighted by molar-refractivity contribution is 7.22. The van der Waals surface area contributed by atoms with Crippen LogP contribution in [0.2, 0.25) is 0 Å². The minimum atomic E-state index is -0.0457. The average molecular weight is 440 g/mol. The first-order valence-corrected chi connectivity index (χ1v) is 11.6. The monoisotopic (exact) mass is 439 g/mol. The summed E-state index contributed by atoms with van der Waals surface area (Å²) in [4.78, 5) is 22.5. The first-order valence-electron chi connectivity index (χ1n) is 10.8. The van der Waals surface area contributed by atoms with Gasteiger partial charge in [-0.3, -0.25) is 14.6 Å². The Morgan fingerprint density at radius 3 is 2.84 bits per heavy atom. The molecule has 1 aliphatic heterocycles. The van der Waals surface area contributed by atoms with Gasteiger partial charge in [-0.25, -0.2) is 4.98 Å². The lowest BCUT2D eigenvalue weighted by Crippen LogP contribution is -2.39. The minimum Gasteiger partial charge on any atom is -0.497 e. The summed E-state index contributed by atoms with van der Waals surface area (Å²) in [6, 6.07) is 13.7. The highest BCUT2D eigenvalue weighted by Gasteiger charge is 2.22. The maximum atomic E-state index is 13.5. The summed E-state index contributed by atoms with van der Waals surface area (Å²) in [5.41, 5.74) is 2.83. The number of morpholine rings is 1. The van der Waals surface area contributed by atoms with E-state index in [1.807, 2.05) is 23.1 Å². The van der Waals surface area contributed by atoms with Gasteiger partial charge >= 0.3 is 0 Å². The maximum absolute atomic E-state index is 13.5. The van der Waals surface area contributed by atoms with Gasteiger partial charge in [-0.1, -0.05) is 30.4 Å². The Balaban J connectivity index is 1.58. The molecule has 2 heterocycles. The van der Waals surface area contributed by atoms with Crippen LogP contribution in [0.1, 0.15) is 29.3 Å². The van der Waals surface area contributed by atoms with E-state index in [-0.39, 0.29) is 5.91 Å². The minimum absolute atomic E-state index is 0.0457. The van der Waals surface area contributed by atoms with Gasteiger partial charge in [0.1, 0.15) is 5.75 Å². The number of thiazole rings is 1. The molecule has 0 spiro atoms. The molecular formula is C24H29N3O3S. The molecule has 2 aromatic carbocycles. The SMILES string of the molecule is CCc1ccc2nc(N(CCCN3CCOCC3)C(=O)c3cccc(OC)c3)sc2c1. The predicted octanol–water partition coefficient (Wildman–Crippen LogP) is 4.24. The number of anilines is 1. The van der Waals surface area contributed by atoms with Crippen LogP contribution in [0.15, 0.2) is 42.5 Å². The van der Waals surface area contributed by atoms with Crippen LogP contribution in [0.4, 0.5) is 5.13 Å². The third-order valence-corrected chi connectivity index (χ3v) is 6.64. The summed E-state index contributed by atoms with van der Waals surface area (Å²) in [5.74, 6) is 0.631. The standard InChI is InChI=1S/C24H29N3O3S/c1-3-18-8-9-21-22(16-18)31-24(25-21)27(11-5-10-26-12-14-30-15-13-26)23(28)19-6-4-7-20(17-19)29-2/h4,6-9,16-17H,3,5,10-15H2,1-2H3. The lowest BCUT2D eigenvalue weighted by atomic mass is 10.2. The molecule has 6 nitrogen and oxygen atoms in total. The molecule has 164 valence electrons. The molecule has 1 saturated heterocycles. The highest BCUT2D eigenvalue weighted by atomic mass is 32.1. The number of aryl methyl sites for hydroxylation is 1. The van der Waals surface area contributed by atoms with Gasteiger partial charge in [0.15, 0.2) is 5.13 Å². The van der Waals surface area contributed by atoms with Crippen molar-refractivity contribution in [2.24, 2.45) is 0 Å². The number of carbonyl (C=O) groups excluding carboxylic acids is 1. The fourth-order valence-electron chi connectivity index (χ4n) is 3.77. The fraction of sp³-hybridized carbons (Fsp3) is 0.417. The van der Waals surface area contributed by atoms with Gasteiger partial charge in [0.05, 0.1) is 30.5 Å². The van der Waals surface area contributed by atoms with Crippen molar-refractivity contribution in [2.75, 3.05) is 51.4 Å². The van der Waals surface area contributed by atoms with Crippen molar-refractivity contribution >= 4 is 32.6 Å². The van der Waals surface area contributed by atoms with Gasteiger partial charge < -0.3 is 9.47 Å². The van der Waals surface area contributed by atoms with Crippen molar-refractivity contribution < 1.29 is 14.3 Å². The number of fused-ring (bicyclic) bond motifs is 1. The molecule has 0 N–H and O–H groups in total. The second-order valence-corrected chi connectivity index (χ2v) is 8.66. The molecule has 7 heteroatoms. The molecular weight excluding hydrogens is 410 g/mol. The Hall–Kier alpha value is -2.48. The van der Waals surface area contributed by atoms with Crippen molar-refractivity contribution in [1.29, 1.82) is 0 Å². The normalized spacial score (nSPS) is 14.6. The van der Waals surface area contributed by atoms with E-state index in [2.05, 4.69) is 30.0 Å². The zero-order valence-electron chi connectivity index (χ0n) is 18.2. The largest absolute Gasteiger partial charge is 0.497 e. The van der Waals surface area contributed by atoms with E-state index >= 15 is 0 Å². The first-order chi connectivity index (χ1) is 15.2. The first kappa shape index (κ1) is 21.7. The third-order valence-electron chi connectivity index (χ3n) is 5.60. The number of amides is 1. The number of hydrogen-bond acceptors (Lipinski definition) is 6. The van der Waals surface area contributed by atoms with Gasteiger partial charge in [0.2, 0.25) is 0 Å². The molecule has 1 aliphatic rings. The highest BCUT2D eigenvalue weighted by Crippen LogP contribution is 2.31. The predicted molar refractivity (Wildman–Crippen MR) is 126 cm³/mol. The Kier molecular flexibility index (Phi) is 7.17. The number of hydrogen-bond donors (Lipinski definition) is 0. The van der Waals surface area contributed by atoms with E-state index in [1.54, 1.807) is 24.5 Å². The summed E-state index contributed by atoms with van der Waals surface area (Å²) in [7, 11) is 1.61. The van der Waals surface area contributed by atoms with Crippen molar-refractivity contribution in [1.82, 2.24) is 9.88 Å². The number of aromatic nitrogens is 1. The van der Waals surface area contributed by atoms with Crippen LogP contribution in [-0.2, 0) is 11.2 Å². The Bertz CT molecular complexity index is 1030. The number of benzene rings is 2. The third kappa shape index (κ3) is 5.23. The average Bonchev–Trinajstić information content (AvgIpc) is 3.25. The van der Waals surface area contributed by atoms with Gasteiger partial charge in [-0.2, -0.15) is 0 Å². The van der Waals surface area contributed by atoms with Crippen molar-refractivity contribution in [3.05, 3.63) is 53.6 Å². The lowest BCUT2D eigenvalue weighted by Gasteiger charge is -2.27. The molecule has 4 rings (SSSR count). The smallest absolute Gasteiger partial charge is 0.260 e. The van der Waals surface area contributed by atoms with Crippen LogP contribution < -0.4 is 9.64 Å². The number of nitrogens with zero attached hydrogens (tertiary/aromatic N) is 3. The Labute approximate surface area is 187 Å². The molecule has 1 amide bonds. The van der Waals surface area contributed by atoms with Crippen LogP contribution in [0.5, 0.6) is 5.75 Å². The molecule has 0 aliphatic carbocycles. The summed E-state index contributed by atoms with van der Waals surface area (Å²) >= 11 is 1.58. The van der Waals surface area contributed by atoms with Gasteiger partial charge in [-0.15, -0.1) is 0 Å². The molecule has 0 bridgehead atoms. The molecule has 1 fully saturated rings. The van der Waals surface area contributed by atoms with Gasteiger partial charge in [0, 0.05) is 31.7 Å². The van der Waals surface area contributed by atoms with Crippen molar-refractivity contribution in [2.45, 2.75) is 19.8 Å². The van der Waals surface area contributed by atoms with E-state index in [1.165, 1.54) is 5.56 Å². The Morgan fingerprint density at radius 2 is 2.06 bits per heavy atom. The van der Waals surface area contributed by atoms with Crippen LogP contribution >= 0.6 is 11.3 Å². The van der Waals surface area contributed by atoms with Crippen LogP contribution in [-0.4, -0.2) is 62.3 Å². The van der Waals surface area contributed by atoms with Gasteiger partial charge in [0.25, 0.3) is 5.91 Å². The van der Waals surface area contributed by atoms with E-state index in [0.29, 0.717) is 17.9 Å². The zero-order chi connectivity index (χ0) is 21.6. The number of carbonyl (C=O) groups is 1. The van der Waals surface area contributed by atoms with Crippen molar-refractivity contribution in [3.8, 4) is 5.75 Å². The summed E-state index contributed by atoms with van der Waals surface area (Å²) in [6.07, 6.45) is 1.86. The molecule has 0 atom stereocenters. The second-order valence-electron chi connectivity index (χ2n) is 7.65. The second kappa shape index (κ2) is 10.2. The van der Waals surface area contributed by atoms with Crippen LogP contribution in [0, 0.1) is 0 Å². The van der Waals surface area contributed by atoms with E-state index in [0.717, 1.165) is 61.0 Å². The fourth-order valence-corrected chi connectivity index (χ4v) is 4.82. The molecule has 0 saturated carbocycles. The van der Waals surface area contributed by atoms with Crippen LogP contribution in [0.3, 0.4) is 0 Å². The molecule has 31 heavy (non-hydrogen) atoms. The quantitative estimate of drug-likeness (QED) is 0.526. The van der Waals surface area contributed by atoms with E-state index in [4.69, 9.17) is 14.5 Å². The topological polar surface area (TPSA) is 54.9 Å². The summed E-state index contributed by atoms with van der Waals surface area (Å²) < 4.78 is 11.9. The van der Waals surface area contributed by atoms with E-state index in [9.17, 15) is 4.79 Å². The number of methoxy groups -OCH3 is 1. The summed E-state index contributed by atoms with van der Waals surface area (Å²) in [6.45, 7) is 7.17. The lowest BCUT2D eigenvalue weighted by molar-refractivity contribution is 0.0376.